The van der Waals surface area contributed by atoms with Crippen LogP contribution in [0.3, 0.4) is 0 Å². The average molecular weight is 368 g/mol. The van der Waals surface area contributed by atoms with Crippen LogP contribution < -0.4 is 14.8 Å². The molecule has 1 aromatic heterocycles. The van der Waals surface area contributed by atoms with Crippen LogP contribution in [0.5, 0.6) is 11.5 Å². The molecule has 4 rings (SSSR count). The van der Waals surface area contributed by atoms with Crippen molar-refractivity contribution in [3.05, 3.63) is 42.2 Å². The Bertz CT molecular complexity index is 819. The fourth-order valence-electron chi connectivity index (χ4n) is 3.34. The number of nitrogens with zero attached hydrogens (tertiary/aromatic N) is 3. The van der Waals surface area contributed by atoms with Crippen LogP contribution in [0.2, 0.25) is 0 Å². The minimum atomic E-state index is -0.0171. The lowest BCUT2D eigenvalue weighted by molar-refractivity contribution is 0.0637. The van der Waals surface area contributed by atoms with Gasteiger partial charge < -0.3 is 24.6 Å². The van der Waals surface area contributed by atoms with Gasteiger partial charge in [-0.2, -0.15) is 0 Å². The fraction of sp³-hybridized carbons (Fsp3) is 0.400. The van der Waals surface area contributed by atoms with E-state index in [1.807, 2.05) is 29.2 Å². The Labute approximate surface area is 158 Å². The second-order valence-corrected chi connectivity index (χ2v) is 6.64. The number of amides is 1. The van der Waals surface area contributed by atoms with E-state index in [0.717, 1.165) is 55.6 Å². The lowest BCUT2D eigenvalue weighted by Crippen LogP contribution is -2.48. The minimum absolute atomic E-state index is 0.0171. The number of ether oxygens (including phenoxy) is 2. The van der Waals surface area contributed by atoms with E-state index in [1.165, 1.54) is 0 Å². The number of benzene rings is 1. The van der Waals surface area contributed by atoms with E-state index in [1.54, 1.807) is 12.3 Å². The standard InChI is InChI=1S/C20H24N4O3/c1-2-23-7-9-24(10-8-23)20(25)17-13-16(5-6-21-17)22-15-3-4-18-19(14-15)27-12-11-26-18/h3-6,13-14H,2,7-12H2,1H3,(H,21,22). The monoisotopic (exact) mass is 368 g/mol. The highest BCUT2D eigenvalue weighted by molar-refractivity contribution is 5.93. The van der Waals surface area contributed by atoms with Gasteiger partial charge in [-0.1, -0.05) is 6.92 Å². The molecule has 0 bridgehead atoms. The van der Waals surface area contributed by atoms with Crippen molar-refractivity contribution in [2.45, 2.75) is 6.92 Å². The van der Waals surface area contributed by atoms with Gasteiger partial charge in [-0.15, -0.1) is 0 Å². The molecule has 0 atom stereocenters. The molecule has 1 saturated heterocycles. The first-order chi connectivity index (χ1) is 13.2. The van der Waals surface area contributed by atoms with Gasteiger partial charge in [0.2, 0.25) is 0 Å². The zero-order valence-corrected chi connectivity index (χ0v) is 15.5. The molecule has 0 radical (unpaired) electrons. The molecule has 2 aliphatic rings. The molecule has 1 aromatic carbocycles. The summed E-state index contributed by atoms with van der Waals surface area (Å²) in [5, 5.41) is 3.31. The number of carbonyl (C=O) groups is 1. The molecule has 1 amide bonds. The quantitative estimate of drug-likeness (QED) is 0.894. The molecule has 0 spiro atoms. The molecule has 0 saturated carbocycles. The maximum absolute atomic E-state index is 12.8. The lowest BCUT2D eigenvalue weighted by atomic mass is 10.2. The maximum atomic E-state index is 12.8. The summed E-state index contributed by atoms with van der Waals surface area (Å²) in [4.78, 5) is 21.3. The Hall–Kier alpha value is -2.80. The molecular weight excluding hydrogens is 344 g/mol. The third-order valence-corrected chi connectivity index (χ3v) is 4.92. The van der Waals surface area contributed by atoms with Crippen LogP contribution in [0, 0.1) is 0 Å². The third kappa shape index (κ3) is 3.98. The van der Waals surface area contributed by atoms with E-state index in [9.17, 15) is 4.79 Å². The zero-order valence-electron chi connectivity index (χ0n) is 15.5. The van der Waals surface area contributed by atoms with Crippen LogP contribution in [0.15, 0.2) is 36.5 Å². The summed E-state index contributed by atoms with van der Waals surface area (Å²) in [5.41, 5.74) is 2.15. The predicted octanol–water partition coefficient (Wildman–Crippen LogP) is 2.37. The van der Waals surface area contributed by atoms with Gasteiger partial charge in [0, 0.05) is 49.8 Å². The number of pyridine rings is 1. The molecule has 7 heteroatoms. The van der Waals surface area contributed by atoms with Crippen LogP contribution in [-0.2, 0) is 0 Å². The predicted molar refractivity (Wildman–Crippen MR) is 103 cm³/mol. The molecule has 1 fully saturated rings. The summed E-state index contributed by atoms with van der Waals surface area (Å²) in [6.45, 7) is 7.61. The number of hydrogen-bond donors (Lipinski definition) is 1. The molecule has 1 N–H and O–H groups in total. The van der Waals surface area contributed by atoms with Gasteiger partial charge in [-0.05, 0) is 30.8 Å². The molecule has 0 unspecified atom stereocenters. The Kier molecular flexibility index (Phi) is 5.11. The van der Waals surface area contributed by atoms with Crippen LogP contribution in [0.25, 0.3) is 0 Å². The highest BCUT2D eigenvalue weighted by Crippen LogP contribution is 2.33. The summed E-state index contributed by atoms with van der Waals surface area (Å²) < 4.78 is 11.2. The number of piperazine rings is 1. The summed E-state index contributed by atoms with van der Waals surface area (Å²) in [6, 6.07) is 9.37. The molecule has 3 heterocycles. The first-order valence-electron chi connectivity index (χ1n) is 9.37. The highest BCUT2D eigenvalue weighted by atomic mass is 16.6. The molecule has 7 nitrogen and oxygen atoms in total. The maximum Gasteiger partial charge on any atom is 0.272 e. The third-order valence-electron chi connectivity index (χ3n) is 4.92. The van der Waals surface area contributed by atoms with Crippen molar-refractivity contribution in [3.8, 4) is 11.5 Å². The highest BCUT2D eigenvalue weighted by Gasteiger charge is 2.22. The number of hydrogen-bond acceptors (Lipinski definition) is 6. The van der Waals surface area contributed by atoms with E-state index < -0.39 is 0 Å². The van der Waals surface area contributed by atoms with Crippen molar-refractivity contribution in [2.24, 2.45) is 0 Å². The average Bonchev–Trinajstić information content (AvgIpc) is 2.73. The number of fused-ring (bicyclic) bond motifs is 1. The summed E-state index contributed by atoms with van der Waals surface area (Å²) >= 11 is 0. The number of nitrogens with one attached hydrogen (secondary N) is 1. The summed E-state index contributed by atoms with van der Waals surface area (Å²) in [6.07, 6.45) is 1.66. The fourth-order valence-corrected chi connectivity index (χ4v) is 3.34. The van der Waals surface area contributed by atoms with E-state index in [4.69, 9.17) is 9.47 Å². The topological polar surface area (TPSA) is 66.9 Å². The van der Waals surface area contributed by atoms with E-state index in [-0.39, 0.29) is 5.91 Å². The van der Waals surface area contributed by atoms with Crippen LogP contribution in [0.4, 0.5) is 11.4 Å². The Morgan fingerprint density at radius 1 is 1.04 bits per heavy atom. The molecule has 142 valence electrons. The number of anilines is 2. The number of aromatic nitrogens is 1. The van der Waals surface area contributed by atoms with Gasteiger partial charge in [-0.3, -0.25) is 9.78 Å². The van der Waals surface area contributed by atoms with E-state index in [2.05, 4.69) is 22.1 Å². The van der Waals surface area contributed by atoms with Crippen molar-refractivity contribution >= 4 is 17.3 Å². The van der Waals surface area contributed by atoms with Gasteiger partial charge >= 0.3 is 0 Å². The smallest absolute Gasteiger partial charge is 0.272 e. The largest absolute Gasteiger partial charge is 0.486 e. The Balaban J connectivity index is 1.45. The van der Waals surface area contributed by atoms with E-state index >= 15 is 0 Å². The van der Waals surface area contributed by atoms with Crippen molar-refractivity contribution in [1.29, 1.82) is 0 Å². The van der Waals surface area contributed by atoms with Gasteiger partial charge in [0.1, 0.15) is 18.9 Å². The molecule has 2 aromatic rings. The normalized spacial score (nSPS) is 16.9. The lowest BCUT2D eigenvalue weighted by Gasteiger charge is -2.33. The van der Waals surface area contributed by atoms with Crippen molar-refractivity contribution in [1.82, 2.24) is 14.8 Å². The first-order valence-corrected chi connectivity index (χ1v) is 9.37. The van der Waals surface area contributed by atoms with E-state index in [0.29, 0.717) is 18.9 Å². The molecule has 0 aliphatic carbocycles. The number of likely N-dealkylation sites (N-methyl/N-ethyl adjacent to an activating group) is 1. The molecule has 27 heavy (non-hydrogen) atoms. The number of carbonyl (C=O) groups excluding carboxylic acids is 1. The second kappa shape index (κ2) is 7.84. The van der Waals surface area contributed by atoms with Crippen molar-refractivity contribution in [2.75, 3.05) is 51.3 Å². The minimum Gasteiger partial charge on any atom is -0.486 e. The molecule has 2 aliphatic heterocycles. The van der Waals surface area contributed by atoms with Crippen LogP contribution in [-0.4, -0.2) is 66.6 Å². The summed E-state index contributed by atoms with van der Waals surface area (Å²) in [5.74, 6) is 1.46. The first kappa shape index (κ1) is 17.6. The van der Waals surface area contributed by atoms with Gasteiger partial charge in [0.25, 0.3) is 5.91 Å². The van der Waals surface area contributed by atoms with Gasteiger partial charge in [-0.25, -0.2) is 0 Å². The van der Waals surface area contributed by atoms with Gasteiger partial charge in [0.05, 0.1) is 0 Å². The zero-order chi connectivity index (χ0) is 18.6. The van der Waals surface area contributed by atoms with Crippen molar-refractivity contribution < 1.29 is 14.3 Å². The van der Waals surface area contributed by atoms with Crippen molar-refractivity contribution in [3.63, 3.8) is 0 Å². The molecular formula is C20H24N4O3. The SMILES string of the molecule is CCN1CCN(C(=O)c2cc(Nc3ccc4c(c3)OCCO4)ccn2)CC1. The van der Waals surface area contributed by atoms with Gasteiger partial charge in [0.15, 0.2) is 11.5 Å². The van der Waals surface area contributed by atoms with Crippen LogP contribution >= 0.6 is 0 Å². The summed E-state index contributed by atoms with van der Waals surface area (Å²) in [7, 11) is 0. The van der Waals surface area contributed by atoms with Crippen LogP contribution in [0.1, 0.15) is 17.4 Å². The Morgan fingerprint density at radius 3 is 2.56 bits per heavy atom. The second-order valence-electron chi connectivity index (χ2n) is 6.64. The Morgan fingerprint density at radius 2 is 1.78 bits per heavy atom. The number of rotatable bonds is 4.